The lowest BCUT2D eigenvalue weighted by Crippen LogP contribution is -2.40. The van der Waals surface area contributed by atoms with Crippen molar-refractivity contribution in [2.45, 2.75) is 6.61 Å². The number of carbonyl (C=O) groups excluding carboxylic acids is 1. The number of morpholine rings is 1. The third-order valence-corrected chi connectivity index (χ3v) is 4.68. The summed E-state index contributed by atoms with van der Waals surface area (Å²) < 4.78 is 10.9. The highest BCUT2D eigenvalue weighted by molar-refractivity contribution is 7.09. The smallest absolute Gasteiger partial charge is 0.273 e. The molecule has 1 amide bonds. The third kappa shape index (κ3) is 4.14. The van der Waals surface area contributed by atoms with Gasteiger partial charge in [0, 0.05) is 29.6 Å². The molecule has 8 heteroatoms. The Kier molecular flexibility index (Phi) is 5.38. The first-order valence-corrected chi connectivity index (χ1v) is 8.66. The van der Waals surface area contributed by atoms with Gasteiger partial charge in [-0.2, -0.15) is 0 Å². The van der Waals surface area contributed by atoms with Crippen molar-refractivity contribution in [1.82, 2.24) is 9.88 Å². The zero-order valence-electron chi connectivity index (χ0n) is 12.1. The van der Waals surface area contributed by atoms with Crippen LogP contribution in [-0.4, -0.2) is 42.1 Å². The average molecular weight is 373 g/mol. The number of rotatable bonds is 4. The molecule has 0 unspecified atom stereocenters. The second-order valence-electron chi connectivity index (χ2n) is 4.89. The summed E-state index contributed by atoms with van der Waals surface area (Å²) in [6.45, 7) is 2.57. The second-order valence-corrected chi connectivity index (χ2v) is 6.68. The molecule has 0 bridgehead atoms. The SMILES string of the molecule is O=C(c1csc(COc2cc(Cl)ccc2Cl)n1)N1CCOCC1. The number of hydrogen-bond acceptors (Lipinski definition) is 5. The molecule has 122 valence electrons. The lowest BCUT2D eigenvalue weighted by molar-refractivity contribution is 0.0299. The Balaban J connectivity index is 1.63. The van der Waals surface area contributed by atoms with Gasteiger partial charge in [-0.1, -0.05) is 23.2 Å². The second kappa shape index (κ2) is 7.49. The minimum absolute atomic E-state index is 0.0726. The van der Waals surface area contributed by atoms with E-state index in [0.717, 1.165) is 0 Å². The van der Waals surface area contributed by atoms with E-state index in [4.69, 9.17) is 32.7 Å². The van der Waals surface area contributed by atoms with Gasteiger partial charge in [-0.25, -0.2) is 4.98 Å². The molecule has 2 aromatic rings. The quantitative estimate of drug-likeness (QED) is 0.823. The Bertz CT molecular complexity index is 702. The van der Waals surface area contributed by atoms with Crippen LogP contribution in [-0.2, 0) is 11.3 Å². The monoisotopic (exact) mass is 372 g/mol. The van der Waals surface area contributed by atoms with Crippen molar-refractivity contribution in [3.8, 4) is 5.75 Å². The topological polar surface area (TPSA) is 51.7 Å². The number of carbonyl (C=O) groups is 1. The zero-order valence-corrected chi connectivity index (χ0v) is 14.5. The predicted octanol–water partition coefficient (Wildman–Crippen LogP) is 3.50. The van der Waals surface area contributed by atoms with Crippen LogP contribution in [0.1, 0.15) is 15.5 Å². The van der Waals surface area contributed by atoms with Crippen LogP contribution in [0.4, 0.5) is 0 Å². The predicted molar refractivity (Wildman–Crippen MR) is 89.6 cm³/mol. The van der Waals surface area contributed by atoms with Crippen LogP contribution < -0.4 is 4.74 Å². The van der Waals surface area contributed by atoms with Crippen molar-refractivity contribution in [2.75, 3.05) is 26.3 Å². The summed E-state index contributed by atoms with van der Waals surface area (Å²) in [5, 5.41) is 3.48. The Hall–Kier alpha value is -1.34. The number of benzene rings is 1. The first-order valence-electron chi connectivity index (χ1n) is 7.03. The van der Waals surface area contributed by atoms with E-state index in [1.807, 2.05) is 0 Å². The van der Waals surface area contributed by atoms with Crippen LogP contribution in [0.5, 0.6) is 5.75 Å². The van der Waals surface area contributed by atoms with Crippen LogP contribution in [0.3, 0.4) is 0 Å². The van der Waals surface area contributed by atoms with Crippen molar-refractivity contribution in [3.05, 3.63) is 44.3 Å². The van der Waals surface area contributed by atoms with Crippen LogP contribution in [0.25, 0.3) is 0 Å². The molecule has 2 heterocycles. The van der Waals surface area contributed by atoms with Gasteiger partial charge >= 0.3 is 0 Å². The maximum absolute atomic E-state index is 12.3. The van der Waals surface area contributed by atoms with Gasteiger partial charge in [0.15, 0.2) is 0 Å². The number of nitrogens with zero attached hydrogens (tertiary/aromatic N) is 2. The van der Waals surface area contributed by atoms with Crippen molar-refractivity contribution >= 4 is 40.4 Å². The number of aromatic nitrogens is 1. The Morgan fingerprint density at radius 2 is 2.13 bits per heavy atom. The van der Waals surface area contributed by atoms with Crippen LogP contribution >= 0.6 is 34.5 Å². The average Bonchev–Trinajstić information content (AvgIpc) is 3.05. The number of thiazole rings is 1. The lowest BCUT2D eigenvalue weighted by Gasteiger charge is -2.25. The molecular weight excluding hydrogens is 359 g/mol. The van der Waals surface area contributed by atoms with E-state index >= 15 is 0 Å². The van der Waals surface area contributed by atoms with E-state index in [2.05, 4.69) is 4.98 Å². The molecule has 1 fully saturated rings. The molecule has 0 radical (unpaired) electrons. The fraction of sp³-hybridized carbons (Fsp3) is 0.333. The number of amides is 1. The van der Waals surface area contributed by atoms with Gasteiger partial charge < -0.3 is 14.4 Å². The Labute approximate surface area is 147 Å². The van der Waals surface area contributed by atoms with E-state index in [1.165, 1.54) is 11.3 Å². The number of halogens is 2. The summed E-state index contributed by atoms with van der Waals surface area (Å²) in [7, 11) is 0. The van der Waals surface area contributed by atoms with Crippen molar-refractivity contribution < 1.29 is 14.3 Å². The van der Waals surface area contributed by atoms with Gasteiger partial charge in [0.2, 0.25) is 0 Å². The molecule has 1 aromatic heterocycles. The summed E-state index contributed by atoms with van der Waals surface area (Å²) in [5.41, 5.74) is 0.438. The van der Waals surface area contributed by atoms with Gasteiger partial charge in [0.25, 0.3) is 5.91 Å². The maximum atomic E-state index is 12.3. The first-order chi connectivity index (χ1) is 11.1. The lowest BCUT2D eigenvalue weighted by atomic mass is 10.3. The highest BCUT2D eigenvalue weighted by Gasteiger charge is 2.21. The molecule has 1 aliphatic heterocycles. The van der Waals surface area contributed by atoms with Gasteiger partial charge in [0.1, 0.15) is 23.1 Å². The molecule has 1 aliphatic rings. The van der Waals surface area contributed by atoms with Crippen molar-refractivity contribution in [3.63, 3.8) is 0 Å². The molecule has 1 aromatic carbocycles. The summed E-state index contributed by atoms with van der Waals surface area (Å²) in [5.74, 6) is 0.423. The summed E-state index contributed by atoms with van der Waals surface area (Å²) in [6, 6.07) is 5.02. The highest BCUT2D eigenvalue weighted by Crippen LogP contribution is 2.28. The summed E-state index contributed by atoms with van der Waals surface area (Å²) in [4.78, 5) is 18.4. The molecular formula is C15H14Cl2N2O3S. The van der Waals surface area contributed by atoms with E-state index in [1.54, 1.807) is 28.5 Å². The molecule has 3 rings (SSSR count). The number of hydrogen-bond donors (Lipinski definition) is 0. The van der Waals surface area contributed by atoms with Crippen LogP contribution in [0, 0.1) is 0 Å². The Morgan fingerprint density at radius 1 is 1.35 bits per heavy atom. The minimum Gasteiger partial charge on any atom is -0.485 e. The standard InChI is InChI=1S/C15H14Cl2N2O3S/c16-10-1-2-11(17)13(7-10)22-8-14-18-12(9-23-14)15(20)19-3-5-21-6-4-19/h1-2,7,9H,3-6,8H2. The third-order valence-electron chi connectivity index (χ3n) is 3.31. The Morgan fingerprint density at radius 3 is 2.91 bits per heavy atom. The highest BCUT2D eigenvalue weighted by atomic mass is 35.5. The van der Waals surface area contributed by atoms with Gasteiger partial charge in [0.05, 0.1) is 18.2 Å². The molecule has 0 saturated carbocycles. The molecule has 0 aliphatic carbocycles. The van der Waals surface area contributed by atoms with Crippen LogP contribution in [0.15, 0.2) is 23.6 Å². The molecule has 0 spiro atoms. The van der Waals surface area contributed by atoms with E-state index in [-0.39, 0.29) is 12.5 Å². The molecule has 5 nitrogen and oxygen atoms in total. The largest absolute Gasteiger partial charge is 0.485 e. The van der Waals surface area contributed by atoms with E-state index in [9.17, 15) is 4.79 Å². The minimum atomic E-state index is -0.0726. The van der Waals surface area contributed by atoms with E-state index < -0.39 is 0 Å². The molecule has 1 saturated heterocycles. The summed E-state index contributed by atoms with van der Waals surface area (Å²) >= 11 is 13.3. The number of ether oxygens (including phenoxy) is 2. The van der Waals surface area contributed by atoms with Gasteiger partial charge in [-0.05, 0) is 12.1 Å². The van der Waals surface area contributed by atoms with E-state index in [0.29, 0.717) is 52.8 Å². The van der Waals surface area contributed by atoms with Crippen molar-refractivity contribution in [2.24, 2.45) is 0 Å². The van der Waals surface area contributed by atoms with Gasteiger partial charge in [-0.3, -0.25) is 4.79 Å². The van der Waals surface area contributed by atoms with Crippen molar-refractivity contribution in [1.29, 1.82) is 0 Å². The first kappa shape index (κ1) is 16.5. The van der Waals surface area contributed by atoms with Crippen LogP contribution in [0.2, 0.25) is 10.0 Å². The fourth-order valence-electron chi connectivity index (χ4n) is 2.13. The molecule has 0 N–H and O–H groups in total. The molecule has 0 atom stereocenters. The summed E-state index contributed by atoms with van der Waals surface area (Å²) in [6.07, 6.45) is 0. The van der Waals surface area contributed by atoms with Gasteiger partial charge in [-0.15, -0.1) is 11.3 Å². The maximum Gasteiger partial charge on any atom is 0.273 e. The fourth-order valence-corrected chi connectivity index (χ4v) is 3.14. The molecule has 23 heavy (non-hydrogen) atoms. The normalized spacial score (nSPS) is 14.8. The zero-order chi connectivity index (χ0) is 16.2.